The summed E-state index contributed by atoms with van der Waals surface area (Å²) in [7, 11) is 0. The quantitative estimate of drug-likeness (QED) is 0.897. The van der Waals surface area contributed by atoms with Crippen LogP contribution in [0.15, 0.2) is 24.3 Å². The molecule has 3 nitrogen and oxygen atoms in total. The number of hydrogen-bond acceptors (Lipinski definition) is 2. The van der Waals surface area contributed by atoms with Crippen molar-refractivity contribution in [3.05, 3.63) is 35.6 Å². The Balaban J connectivity index is 2.23. The largest absolute Gasteiger partial charge is 0.481 e. The molecule has 2 atom stereocenters. The number of hydrogen-bond donors (Lipinski definition) is 1. The van der Waals surface area contributed by atoms with E-state index in [1.165, 1.54) is 6.07 Å². The Kier molecular flexibility index (Phi) is 4.43. The molecular formula is C16H22FNO2. The summed E-state index contributed by atoms with van der Waals surface area (Å²) in [6.45, 7) is 5.16. The summed E-state index contributed by atoms with van der Waals surface area (Å²) in [5, 5.41) is 9.46. The molecule has 20 heavy (non-hydrogen) atoms. The van der Waals surface area contributed by atoms with Crippen LogP contribution in [0, 0.1) is 11.2 Å². The first-order valence-electron chi connectivity index (χ1n) is 7.26. The molecule has 2 unspecified atom stereocenters. The van der Waals surface area contributed by atoms with E-state index in [1.54, 1.807) is 12.1 Å². The van der Waals surface area contributed by atoms with Crippen LogP contribution in [-0.4, -0.2) is 29.1 Å². The highest BCUT2D eigenvalue weighted by Crippen LogP contribution is 2.39. The van der Waals surface area contributed by atoms with Crippen LogP contribution in [0.5, 0.6) is 0 Å². The summed E-state index contributed by atoms with van der Waals surface area (Å²) < 4.78 is 14.0. The van der Waals surface area contributed by atoms with Gasteiger partial charge in [0, 0.05) is 18.2 Å². The second-order valence-corrected chi connectivity index (χ2v) is 5.61. The number of halogens is 1. The second-order valence-electron chi connectivity index (χ2n) is 5.61. The SMILES string of the molecule is CCC(c1ccccc1F)N1CCC(CC)(C(=O)O)C1. The van der Waals surface area contributed by atoms with Gasteiger partial charge in [0.2, 0.25) is 0 Å². The van der Waals surface area contributed by atoms with Gasteiger partial charge in [-0.25, -0.2) is 4.39 Å². The molecule has 1 aliphatic rings. The Morgan fingerprint density at radius 3 is 2.65 bits per heavy atom. The van der Waals surface area contributed by atoms with Gasteiger partial charge < -0.3 is 5.11 Å². The number of rotatable bonds is 5. The van der Waals surface area contributed by atoms with Gasteiger partial charge in [0.05, 0.1) is 5.41 Å². The topological polar surface area (TPSA) is 40.5 Å². The molecule has 1 saturated heterocycles. The number of carbonyl (C=O) groups is 1. The molecule has 0 saturated carbocycles. The van der Waals surface area contributed by atoms with E-state index >= 15 is 0 Å². The van der Waals surface area contributed by atoms with Gasteiger partial charge in [-0.15, -0.1) is 0 Å². The van der Waals surface area contributed by atoms with Crippen LogP contribution >= 0.6 is 0 Å². The summed E-state index contributed by atoms with van der Waals surface area (Å²) in [5.41, 5.74) is 0.00544. The Hall–Kier alpha value is -1.42. The maximum atomic E-state index is 14.0. The van der Waals surface area contributed by atoms with E-state index in [4.69, 9.17) is 0 Å². The Morgan fingerprint density at radius 1 is 1.45 bits per heavy atom. The number of likely N-dealkylation sites (tertiary alicyclic amines) is 1. The number of benzene rings is 1. The van der Waals surface area contributed by atoms with Crippen LogP contribution in [0.4, 0.5) is 4.39 Å². The van der Waals surface area contributed by atoms with Gasteiger partial charge in [-0.05, 0) is 31.9 Å². The number of carboxylic acid groups (broad SMARTS) is 1. The van der Waals surface area contributed by atoms with Crippen molar-refractivity contribution in [2.45, 2.75) is 39.2 Å². The molecule has 0 aliphatic carbocycles. The summed E-state index contributed by atoms with van der Waals surface area (Å²) >= 11 is 0. The van der Waals surface area contributed by atoms with Gasteiger partial charge in [0.1, 0.15) is 5.82 Å². The van der Waals surface area contributed by atoms with Gasteiger partial charge >= 0.3 is 5.97 Å². The lowest BCUT2D eigenvalue weighted by Crippen LogP contribution is -2.35. The van der Waals surface area contributed by atoms with E-state index in [0.717, 1.165) is 6.42 Å². The lowest BCUT2D eigenvalue weighted by Gasteiger charge is -2.29. The molecule has 0 aromatic heterocycles. The van der Waals surface area contributed by atoms with Crippen LogP contribution in [0.2, 0.25) is 0 Å². The minimum Gasteiger partial charge on any atom is -0.481 e. The maximum Gasteiger partial charge on any atom is 0.310 e. The molecule has 0 radical (unpaired) electrons. The van der Waals surface area contributed by atoms with Crippen molar-refractivity contribution in [1.29, 1.82) is 0 Å². The van der Waals surface area contributed by atoms with Gasteiger partial charge in [0.15, 0.2) is 0 Å². The average molecular weight is 279 g/mol. The predicted molar refractivity (Wildman–Crippen MR) is 76.0 cm³/mol. The maximum absolute atomic E-state index is 14.0. The first kappa shape index (κ1) is 15.0. The highest BCUT2D eigenvalue weighted by molar-refractivity contribution is 5.75. The predicted octanol–water partition coefficient (Wildman–Crippen LogP) is 3.46. The summed E-state index contributed by atoms with van der Waals surface area (Å²) in [6, 6.07) is 6.75. The lowest BCUT2D eigenvalue weighted by atomic mass is 9.84. The zero-order chi connectivity index (χ0) is 14.8. The van der Waals surface area contributed by atoms with Crippen molar-refractivity contribution in [3.8, 4) is 0 Å². The van der Waals surface area contributed by atoms with E-state index in [0.29, 0.717) is 31.5 Å². The molecule has 0 bridgehead atoms. The third-order valence-electron chi connectivity index (χ3n) is 4.61. The monoisotopic (exact) mass is 279 g/mol. The number of carboxylic acids is 1. The molecule has 1 aromatic rings. The Morgan fingerprint density at radius 2 is 2.15 bits per heavy atom. The summed E-state index contributed by atoms with van der Waals surface area (Å²) in [6.07, 6.45) is 2.04. The third-order valence-corrected chi connectivity index (χ3v) is 4.61. The smallest absolute Gasteiger partial charge is 0.310 e. The van der Waals surface area contributed by atoms with Crippen molar-refractivity contribution in [1.82, 2.24) is 4.90 Å². The van der Waals surface area contributed by atoms with E-state index in [1.807, 2.05) is 19.9 Å². The molecule has 1 aliphatic heterocycles. The molecule has 1 N–H and O–H groups in total. The third kappa shape index (κ3) is 2.57. The minimum absolute atomic E-state index is 0.0380. The standard InChI is InChI=1S/C16H22FNO2/c1-3-14(12-7-5-6-8-13(12)17)18-10-9-16(4-2,11-18)15(19)20/h5-8,14H,3-4,9-11H2,1-2H3,(H,19,20). The fourth-order valence-corrected chi connectivity index (χ4v) is 3.21. The normalized spacial score (nSPS) is 24.8. The van der Waals surface area contributed by atoms with Crippen molar-refractivity contribution in [2.24, 2.45) is 5.41 Å². The molecule has 1 heterocycles. The fourth-order valence-electron chi connectivity index (χ4n) is 3.21. The van der Waals surface area contributed by atoms with Gasteiger partial charge in [-0.2, -0.15) is 0 Å². The zero-order valence-electron chi connectivity index (χ0n) is 12.1. The number of aliphatic carboxylic acids is 1. The summed E-state index contributed by atoms with van der Waals surface area (Å²) in [4.78, 5) is 13.6. The van der Waals surface area contributed by atoms with Crippen LogP contribution < -0.4 is 0 Å². The fraction of sp³-hybridized carbons (Fsp3) is 0.562. The summed E-state index contributed by atoms with van der Waals surface area (Å²) in [5.74, 6) is -0.936. The average Bonchev–Trinajstić information content (AvgIpc) is 2.87. The zero-order valence-corrected chi connectivity index (χ0v) is 12.1. The van der Waals surface area contributed by atoms with Crippen molar-refractivity contribution in [3.63, 3.8) is 0 Å². The van der Waals surface area contributed by atoms with Crippen LogP contribution in [-0.2, 0) is 4.79 Å². The van der Waals surface area contributed by atoms with Crippen LogP contribution in [0.1, 0.15) is 44.7 Å². The van der Waals surface area contributed by atoms with Gasteiger partial charge in [-0.1, -0.05) is 32.0 Å². The molecule has 0 amide bonds. The van der Waals surface area contributed by atoms with E-state index in [2.05, 4.69) is 4.90 Å². The molecule has 0 spiro atoms. The molecule has 1 aromatic carbocycles. The van der Waals surface area contributed by atoms with Crippen molar-refractivity contribution in [2.75, 3.05) is 13.1 Å². The van der Waals surface area contributed by atoms with Gasteiger partial charge in [-0.3, -0.25) is 9.69 Å². The Bertz CT molecular complexity index is 491. The first-order valence-corrected chi connectivity index (χ1v) is 7.26. The highest BCUT2D eigenvalue weighted by atomic mass is 19.1. The minimum atomic E-state index is -0.731. The molecule has 2 rings (SSSR count). The second kappa shape index (κ2) is 5.92. The number of nitrogens with zero attached hydrogens (tertiary/aromatic N) is 1. The lowest BCUT2D eigenvalue weighted by molar-refractivity contribution is -0.148. The highest BCUT2D eigenvalue weighted by Gasteiger charge is 2.45. The molecular weight excluding hydrogens is 257 g/mol. The van der Waals surface area contributed by atoms with Crippen LogP contribution in [0.25, 0.3) is 0 Å². The molecule has 110 valence electrons. The molecule has 4 heteroatoms. The van der Waals surface area contributed by atoms with Crippen molar-refractivity contribution >= 4 is 5.97 Å². The van der Waals surface area contributed by atoms with Crippen LogP contribution in [0.3, 0.4) is 0 Å². The first-order chi connectivity index (χ1) is 9.54. The van der Waals surface area contributed by atoms with E-state index in [9.17, 15) is 14.3 Å². The van der Waals surface area contributed by atoms with E-state index < -0.39 is 11.4 Å². The molecule has 1 fully saturated rings. The Labute approximate surface area is 119 Å². The van der Waals surface area contributed by atoms with E-state index in [-0.39, 0.29) is 11.9 Å². The van der Waals surface area contributed by atoms with Crippen molar-refractivity contribution < 1.29 is 14.3 Å². The van der Waals surface area contributed by atoms with Gasteiger partial charge in [0.25, 0.3) is 0 Å².